The lowest BCUT2D eigenvalue weighted by Crippen LogP contribution is -2.15. The fourth-order valence-electron chi connectivity index (χ4n) is 2.17. The molecule has 1 heterocycles. The number of benzene rings is 2. The van der Waals surface area contributed by atoms with E-state index >= 15 is 0 Å². The molecule has 0 aliphatic carbocycles. The van der Waals surface area contributed by atoms with Gasteiger partial charge in [0.2, 0.25) is 11.9 Å². The highest BCUT2D eigenvalue weighted by Gasteiger charge is 2.10. The summed E-state index contributed by atoms with van der Waals surface area (Å²) < 4.78 is 5.25. The Morgan fingerprint density at radius 3 is 2.42 bits per heavy atom. The van der Waals surface area contributed by atoms with E-state index in [2.05, 4.69) is 20.3 Å². The first-order chi connectivity index (χ1) is 11.7. The zero-order valence-electron chi connectivity index (χ0n) is 13.9. The fraction of sp³-hybridized carbons (Fsp3) is 0.167. The maximum Gasteiger partial charge on any atom is 0.232 e. The van der Waals surface area contributed by atoms with E-state index < -0.39 is 0 Å². The van der Waals surface area contributed by atoms with Crippen LogP contribution < -0.4 is 15.0 Å². The van der Waals surface area contributed by atoms with E-state index in [9.17, 15) is 0 Å². The van der Waals surface area contributed by atoms with Crippen LogP contribution in [0.1, 0.15) is 0 Å². The highest BCUT2D eigenvalue weighted by atomic mass is 16.5. The van der Waals surface area contributed by atoms with Crippen LogP contribution in [0.2, 0.25) is 0 Å². The van der Waals surface area contributed by atoms with Crippen molar-refractivity contribution in [3.8, 4) is 17.1 Å². The molecular weight excluding hydrogens is 302 g/mol. The number of aromatic nitrogens is 3. The molecule has 6 heteroatoms. The Morgan fingerprint density at radius 1 is 0.917 bits per heavy atom. The van der Waals surface area contributed by atoms with E-state index in [1.165, 1.54) is 0 Å². The minimum Gasteiger partial charge on any atom is -0.497 e. The van der Waals surface area contributed by atoms with Gasteiger partial charge in [0.25, 0.3) is 0 Å². The number of methoxy groups -OCH3 is 1. The molecule has 0 radical (unpaired) electrons. The summed E-state index contributed by atoms with van der Waals surface area (Å²) >= 11 is 0. The molecule has 0 saturated carbocycles. The van der Waals surface area contributed by atoms with Gasteiger partial charge in [-0.2, -0.15) is 15.0 Å². The van der Waals surface area contributed by atoms with Crippen molar-refractivity contribution in [1.29, 1.82) is 0 Å². The Kier molecular flexibility index (Phi) is 4.56. The predicted octanol–water partition coefficient (Wildman–Crippen LogP) is 3.36. The van der Waals surface area contributed by atoms with Crippen LogP contribution in [0, 0.1) is 0 Å². The lowest BCUT2D eigenvalue weighted by molar-refractivity contribution is 0.415. The average molecular weight is 321 g/mol. The summed E-state index contributed by atoms with van der Waals surface area (Å²) in [6.45, 7) is 0. The molecule has 0 saturated heterocycles. The van der Waals surface area contributed by atoms with E-state index in [0.717, 1.165) is 17.0 Å². The van der Waals surface area contributed by atoms with Crippen LogP contribution >= 0.6 is 0 Å². The summed E-state index contributed by atoms with van der Waals surface area (Å²) in [4.78, 5) is 15.4. The highest BCUT2D eigenvalue weighted by Crippen LogP contribution is 2.23. The molecule has 0 amide bonds. The van der Waals surface area contributed by atoms with Crippen molar-refractivity contribution in [2.45, 2.75) is 0 Å². The number of rotatable bonds is 5. The van der Waals surface area contributed by atoms with Gasteiger partial charge in [-0.15, -0.1) is 0 Å². The molecule has 122 valence electrons. The number of ether oxygens (including phenoxy) is 1. The molecule has 1 N–H and O–H groups in total. The van der Waals surface area contributed by atoms with Gasteiger partial charge >= 0.3 is 0 Å². The zero-order chi connectivity index (χ0) is 16.9. The maximum atomic E-state index is 5.25. The van der Waals surface area contributed by atoms with E-state index in [0.29, 0.717) is 17.7 Å². The van der Waals surface area contributed by atoms with E-state index in [1.807, 2.05) is 73.6 Å². The summed E-state index contributed by atoms with van der Waals surface area (Å²) in [5, 5.41) is 3.22. The number of hydrogen-bond acceptors (Lipinski definition) is 6. The van der Waals surface area contributed by atoms with Gasteiger partial charge in [0, 0.05) is 31.4 Å². The standard InChI is InChI=1S/C18H19N5O/c1-23(2)18-21-16(13-8-5-4-6-9-13)20-17(22-18)19-14-10-7-11-15(12-14)24-3/h4-12H,1-3H3,(H,19,20,21,22). The van der Waals surface area contributed by atoms with Crippen LogP contribution in [0.15, 0.2) is 54.6 Å². The number of anilines is 3. The molecule has 3 rings (SSSR count). The normalized spacial score (nSPS) is 10.3. The van der Waals surface area contributed by atoms with Crippen LogP contribution in [0.3, 0.4) is 0 Å². The van der Waals surface area contributed by atoms with E-state index in [1.54, 1.807) is 7.11 Å². The molecule has 0 bridgehead atoms. The highest BCUT2D eigenvalue weighted by molar-refractivity contribution is 5.61. The first-order valence-corrected chi connectivity index (χ1v) is 7.55. The third kappa shape index (κ3) is 3.60. The van der Waals surface area contributed by atoms with Gasteiger partial charge in [-0.1, -0.05) is 36.4 Å². The number of nitrogens with zero attached hydrogens (tertiary/aromatic N) is 4. The smallest absolute Gasteiger partial charge is 0.232 e. The Labute approximate surface area is 141 Å². The Morgan fingerprint density at radius 2 is 1.71 bits per heavy atom. The zero-order valence-corrected chi connectivity index (χ0v) is 13.9. The van der Waals surface area contributed by atoms with Gasteiger partial charge in [-0.05, 0) is 12.1 Å². The second-order valence-electron chi connectivity index (χ2n) is 5.40. The van der Waals surface area contributed by atoms with Crippen molar-refractivity contribution in [3.63, 3.8) is 0 Å². The van der Waals surface area contributed by atoms with Crippen LogP contribution in [0.25, 0.3) is 11.4 Å². The summed E-state index contributed by atoms with van der Waals surface area (Å²) in [7, 11) is 5.44. The van der Waals surface area contributed by atoms with Crippen LogP contribution in [0.4, 0.5) is 17.6 Å². The number of hydrogen-bond donors (Lipinski definition) is 1. The summed E-state index contributed by atoms with van der Waals surface area (Å²) in [6, 6.07) is 17.5. The molecule has 6 nitrogen and oxygen atoms in total. The summed E-state index contributed by atoms with van der Waals surface area (Å²) in [5.41, 5.74) is 1.79. The lowest BCUT2D eigenvalue weighted by Gasteiger charge is -2.14. The van der Waals surface area contributed by atoms with Crippen molar-refractivity contribution < 1.29 is 4.74 Å². The summed E-state index contributed by atoms with van der Waals surface area (Å²) in [6.07, 6.45) is 0. The van der Waals surface area contributed by atoms with Gasteiger partial charge < -0.3 is 15.0 Å². The van der Waals surface area contributed by atoms with Crippen molar-refractivity contribution in [2.75, 3.05) is 31.4 Å². The molecule has 0 spiro atoms. The molecule has 24 heavy (non-hydrogen) atoms. The molecule has 0 aliphatic heterocycles. The molecule has 0 unspecified atom stereocenters. The van der Waals surface area contributed by atoms with Crippen LogP contribution in [-0.2, 0) is 0 Å². The maximum absolute atomic E-state index is 5.25. The van der Waals surface area contributed by atoms with Crippen LogP contribution in [-0.4, -0.2) is 36.2 Å². The van der Waals surface area contributed by atoms with Crippen molar-refractivity contribution in [1.82, 2.24) is 15.0 Å². The van der Waals surface area contributed by atoms with Crippen molar-refractivity contribution in [3.05, 3.63) is 54.6 Å². The Balaban J connectivity index is 1.99. The second kappa shape index (κ2) is 6.95. The molecule has 0 aliphatic rings. The largest absolute Gasteiger partial charge is 0.497 e. The lowest BCUT2D eigenvalue weighted by atomic mass is 10.2. The van der Waals surface area contributed by atoms with Gasteiger partial charge in [0.05, 0.1) is 7.11 Å². The van der Waals surface area contributed by atoms with Gasteiger partial charge in [-0.25, -0.2) is 0 Å². The molecule has 2 aromatic carbocycles. The Bertz CT molecular complexity index is 821. The molecule has 0 fully saturated rings. The quantitative estimate of drug-likeness (QED) is 0.777. The van der Waals surface area contributed by atoms with Crippen molar-refractivity contribution >= 4 is 17.6 Å². The SMILES string of the molecule is COc1cccc(Nc2nc(-c3ccccc3)nc(N(C)C)n2)c1. The first-order valence-electron chi connectivity index (χ1n) is 7.55. The summed E-state index contributed by atoms with van der Waals surface area (Å²) in [5.74, 6) is 2.47. The third-order valence-corrected chi connectivity index (χ3v) is 3.38. The topological polar surface area (TPSA) is 63.2 Å². The molecular formula is C18H19N5O. The van der Waals surface area contributed by atoms with Crippen LogP contribution in [0.5, 0.6) is 5.75 Å². The van der Waals surface area contributed by atoms with Gasteiger partial charge in [0.1, 0.15) is 5.75 Å². The first kappa shape index (κ1) is 15.7. The van der Waals surface area contributed by atoms with Gasteiger partial charge in [0.15, 0.2) is 5.82 Å². The third-order valence-electron chi connectivity index (χ3n) is 3.38. The van der Waals surface area contributed by atoms with Gasteiger partial charge in [-0.3, -0.25) is 0 Å². The molecule has 0 atom stereocenters. The predicted molar refractivity (Wildman–Crippen MR) is 95.9 cm³/mol. The average Bonchev–Trinajstić information content (AvgIpc) is 2.62. The second-order valence-corrected chi connectivity index (χ2v) is 5.40. The van der Waals surface area contributed by atoms with Crippen molar-refractivity contribution in [2.24, 2.45) is 0 Å². The molecule has 3 aromatic rings. The monoisotopic (exact) mass is 321 g/mol. The van der Waals surface area contributed by atoms with E-state index in [4.69, 9.17) is 4.74 Å². The number of nitrogens with one attached hydrogen (secondary N) is 1. The Hall–Kier alpha value is -3.15. The fourth-order valence-corrected chi connectivity index (χ4v) is 2.17. The molecule has 1 aromatic heterocycles. The minimum absolute atomic E-state index is 0.487. The minimum atomic E-state index is 0.487. The van der Waals surface area contributed by atoms with E-state index in [-0.39, 0.29) is 0 Å².